The van der Waals surface area contributed by atoms with Gasteiger partial charge in [-0.1, -0.05) is 38.8 Å². The number of aryl methyl sites for hydroxylation is 1. The minimum absolute atomic E-state index is 0.0115. The molecule has 2 unspecified atom stereocenters. The van der Waals surface area contributed by atoms with Crippen LogP contribution in [0.15, 0.2) is 29.1 Å². The molecule has 182 valence electrons. The van der Waals surface area contributed by atoms with Crippen LogP contribution in [0.3, 0.4) is 0 Å². The van der Waals surface area contributed by atoms with Gasteiger partial charge >= 0.3 is 0 Å². The number of pyridine rings is 1. The number of tetrazole rings is 1. The van der Waals surface area contributed by atoms with Gasteiger partial charge in [0.2, 0.25) is 0 Å². The van der Waals surface area contributed by atoms with E-state index in [0.717, 1.165) is 60.1 Å². The van der Waals surface area contributed by atoms with E-state index in [2.05, 4.69) is 57.5 Å². The van der Waals surface area contributed by atoms with E-state index in [4.69, 9.17) is 4.74 Å². The highest BCUT2D eigenvalue weighted by molar-refractivity contribution is 5.79. The number of ether oxygens (including phenoxy) is 1. The summed E-state index contributed by atoms with van der Waals surface area (Å²) in [5.41, 5.74) is 2.82. The molecule has 8 heteroatoms. The summed E-state index contributed by atoms with van der Waals surface area (Å²) in [7, 11) is 0. The number of rotatable bonds is 8. The number of hydrogen-bond donors (Lipinski definition) is 1. The minimum Gasteiger partial charge on any atom is -0.376 e. The summed E-state index contributed by atoms with van der Waals surface area (Å²) in [6, 6.07) is 8.70. The lowest BCUT2D eigenvalue weighted by atomic mass is 9.97. The van der Waals surface area contributed by atoms with Gasteiger partial charge in [0.15, 0.2) is 5.82 Å². The van der Waals surface area contributed by atoms with Crippen molar-refractivity contribution in [2.45, 2.75) is 90.6 Å². The fourth-order valence-corrected chi connectivity index (χ4v) is 5.73. The van der Waals surface area contributed by atoms with Crippen molar-refractivity contribution in [2.75, 3.05) is 6.61 Å². The second-order valence-corrected chi connectivity index (χ2v) is 10.4. The average Bonchev–Trinajstić information content (AvgIpc) is 3.58. The number of fused-ring (bicyclic) bond motifs is 1. The van der Waals surface area contributed by atoms with E-state index in [1.54, 1.807) is 0 Å². The minimum atomic E-state index is -0.0115. The Hall–Kier alpha value is -2.58. The Morgan fingerprint density at radius 3 is 2.74 bits per heavy atom. The molecular weight excluding hydrogens is 428 g/mol. The normalized spacial score (nSPS) is 20.2. The topological polar surface area (TPSA) is 88.9 Å². The molecule has 1 saturated heterocycles. The van der Waals surface area contributed by atoms with Gasteiger partial charge in [0.05, 0.1) is 18.7 Å². The van der Waals surface area contributed by atoms with Crippen molar-refractivity contribution < 1.29 is 4.74 Å². The van der Waals surface area contributed by atoms with Gasteiger partial charge in [-0.25, -0.2) is 4.68 Å². The molecule has 0 bridgehead atoms. The molecule has 34 heavy (non-hydrogen) atoms. The predicted molar refractivity (Wildman–Crippen MR) is 131 cm³/mol. The first-order valence-electron chi connectivity index (χ1n) is 12.8. The molecule has 1 aromatic carbocycles. The van der Waals surface area contributed by atoms with Crippen LogP contribution in [0.2, 0.25) is 0 Å². The first-order valence-corrected chi connectivity index (χ1v) is 12.8. The predicted octanol–water partition coefficient (Wildman–Crippen LogP) is 4.14. The Bertz CT molecular complexity index is 1170. The fourth-order valence-electron chi connectivity index (χ4n) is 5.73. The number of benzene rings is 1. The number of aromatic amines is 1. The van der Waals surface area contributed by atoms with Crippen LogP contribution in [0.25, 0.3) is 10.9 Å². The molecule has 1 aliphatic heterocycles. The van der Waals surface area contributed by atoms with Gasteiger partial charge in [-0.3, -0.25) is 9.69 Å². The summed E-state index contributed by atoms with van der Waals surface area (Å²) >= 11 is 0. The first kappa shape index (κ1) is 23.2. The molecule has 2 atom stereocenters. The molecule has 3 aromatic rings. The molecule has 3 heterocycles. The molecular formula is C26H36N6O2. The second kappa shape index (κ2) is 9.96. The van der Waals surface area contributed by atoms with Crippen molar-refractivity contribution in [1.82, 2.24) is 30.1 Å². The monoisotopic (exact) mass is 464 g/mol. The lowest BCUT2D eigenvalue weighted by Gasteiger charge is -2.38. The van der Waals surface area contributed by atoms with E-state index in [0.29, 0.717) is 19.1 Å². The Labute approximate surface area is 200 Å². The smallest absolute Gasteiger partial charge is 0.252 e. The summed E-state index contributed by atoms with van der Waals surface area (Å²) in [6.45, 7) is 8.57. The molecule has 1 N–H and O–H groups in total. The fraction of sp³-hybridized carbons (Fsp3) is 0.615. The van der Waals surface area contributed by atoms with Crippen LogP contribution in [0, 0.1) is 12.8 Å². The van der Waals surface area contributed by atoms with Crippen LogP contribution in [-0.4, -0.2) is 48.8 Å². The van der Waals surface area contributed by atoms with E-state index in [1.165, 1.54) is 12.8 Å². The van der Waals surface area contributed by atoms with Crippen molar-refractivity contribution in [3.63, 3.8) is 0 Å². The molecule has 2 aromatic heterocycles. The van der Waals surface area contributed by atoms with Crippen LogP contribution in [-0.2, 0) is 17.8 Å². The summed E-state index contributed by atoms with van der Waals surface area (Å²) < 4.78 is 7.81. The van der Waals surface area contributed by atoms with E-state index < -0.39 is 0 Å². The van der Waals surface area contributed by atoms with Gasteiger partial charge < -0.3 is 9.72 Å². The number of aromatic nitrogens is 5. The maximum atomic E-state index is 13.1. The third-order valence-electron chi connectivity index (χ3n) is 7.44. The van der Waals surface area contributed by atoms with Gasteiger partial charge in [0.25, 0.3) is 5.56 Å². The highest BCUT2D eigenvalue weighted by Gasteiger charge is 2.36. The van der Waals surface area contributed by atoms with Crippen LogP contribution >= 0.6 is 0 Å². The average molecular weight is 465 g/mol. The van der Waals surface area contributed by atoms with Crippen molar-refractivity contribution in [1.29, 1.82) is 0 Å². The first-order chi connectivity index (χ1) is 16.5. The third kappa shape index (κ3) is 4.79. The molecule has 2 aliphatic rings. The molecule has 0 radical (unpaired) electrons. The third-order valence-corrected chi connectivity index (χ3v) is 7.44. The van der Waals surface area contributed by atoms with E-state index in [-0.39, 0.29) is 23.6 Å². The standard InChI is InChI=1S/C26H36N6O2/c1-17(2)24(25-28-29-30-32(25)16-22-9-6-12-34-22)31(21-7-4-5-8-21)15-20-14-19-11-10-18(3)13-23(19)27-26(20)33/h10-11,13-14,17,21-22,24H,4-9,12,15-16H2,1-3H3,(H,27,33). The summed E-state index contributed by atoms with van der Waals surface area (Å²) in [5, 5.41) is 14.0. The number of hydrogen-bond acceptors (Lipinski definition) is 6. The number of nitrogens with zero attached hydrogens (tertiary/aromatic N) is 5. The van der Waals surface area contributed by atoms with Crippen molar-refractivity contribution >= 4 is 10.9 Å². The van der Waals surface area contributed by atoms with Crippen LogP contribution in [0.1, 0.15) is 75.4 Å². The summed E-state index contributed by atoms with van der Waals surface area (Å²) in [4.78, 5) is 18.7. The molecule has 0 spiro atoms. The molecule has 0 amide bonds. The second-order valence-electron chi connectivity index (χ2n) is 10.4. The maximum Gasteiger partial charge on any atom is 0.252 e. The largest absolute Gasteiger partial charge is 0.376 e. The van der Waals surface area contributed by atoms with Crippen molar-refractivity contribution in [3.8, 4) is 0 Å². The molecule has 8 nitrogen and oxygen atoms in total. The Balaban J connectivity index is 1.50. The molecule has 5 rings (SSSR count). The van der Waals surface area contributed by atoms with Gasteiger partial charge in [-0.15, -0.1) is 5.10 Å². The highest BCUT2D eigenvalue weighted by Crippen LogP contribution is 2.36. The highest BCUT2D eigenvalue weighted by atomic mass is 16.5. The molecule has 1 aliphatic carbocycles. The zero-order chi connectivity index (χ0) is 23.7. The van der Waals surface area contributed by atoms with Crippen molar-refractivity contribution in [2.24, 2.45) is 5.92 Å². The molecule has 2 fully saturated rings. The Kier molecular flexibility index (Phi) is 6.79. The Morgan fingerprint density at radius 1 is 1.18 bits per heavy atom. The summed E-state index contributed by atoms with van der Waals surface area (Å²) in [6.07, 6.45) is 7.03. The van der Waals surface area contributed by atoms with Gasteiger partial charge in [-0.05, 0) is 72.0 Å². The lowest BCUT2D eigenvalue weighted by Crippen LogP contribution is -2.41. The zero-order valence-electron chi connectivity index (χ0n) is 20.5. The quantitative estimate of drug-likeness (QED) is 0.539. The molecule has 1 saturated carbocycles. The number of nitrogens with one attached hydrogen (secondary N) is 1. The van der Waals surface area contributed by atoms with Crippen LogP contribution in [0.5, 0.6) is 0 Å². The SMILES string of the molecule is Cc1ccc2cc(CN(C3CCCC3)C(c3nnnn3CC3CCCO3)C(C)C)c(=O)[nH]c2c1. The van der Waals surface area contributed by atoms with Crippen molar-refractivity contribution in [3.05, 3.63) is 51.6 Å². The van der Waals surface area contributed by atoms with Crippen LogP contribution in [0.4, 0.5) is 0 Å². The Morgan fingerprint density at radius 2 is 2.00 bits per heavy atom. The van der Waals surface area contributed by atoms with Gasteiger partial charge in [0.1, 0.15) is 0 Å². The van der Waals surface area contributed by atoms with E-state index >= 15 is 0 Å². The summed E-state index contributed by atoms with van der Waals surface area (Å²) in [5.74, 6) is 1.17. The zero-order valence-corrected chi connectivity index (χ0v) is 20.5. The van der Waals surface area contributed by atoms with Gasteiger partial charge in [0, 0.05) is 30.3 Å². The number of H-pyrrole nitrogens is 1. The van der Waals surface area contributed by atoms with E-state index in [9.17, 15) is 4.79 Å². The lowest BCUT2D eigenvalue weighted by molar-refractivity contribution is 0.0718. The van der Waals surface area contributed by atoms with Crippen LogP contribution < -0.4 is 5.56 Å². The van der Waals surface area contributed by atoms with Gasteiger partial charge in [-0.2, -0.15) is 0 Å². The van der Waals surface area contributed by atoms with E-state index in [1.807, 2.05) is 17.7 Å². The maximum absolute atomic E-state index is 13.1.